The van der Waals surface area contributed by atoms with Gasteiger partial charge in [-0.3, -0.25) is 0 Å². The molecule has 5 nitrogen and oxygen atoms in total. The van der Waals surface area contributed by atoms with Gasteiger partial charge in [0, 0.05) is 17.0 Å². The molecule has 0 saturated carbocycles. The molecule has 1 unspecified atom stereocenters. The third-order valence-electron chi connectivity index (χ3n) is 3.91. The summed E-state index contributed by atoms with van der Waals surface area (Å²) in [5, 5.41) is 19.3. The predicted molar refractivity (Wildman–Crippen MR) is 99.6 cm³/mol. The topological polar surface area (TPSA) is 69.8 Å². The summed E-state index contributed by atoms with van der Waals surface area (Å²) < 4.78 is 5.53. The van der Waals surface area contributed by atoms with E-state index in [9.17, 15) is 5.11 Å². The molecule has 2 aromatic heterocycles. The molecule has 2 aromatic rings. The highest BCUT2D eigenvalue weighted by molar-refractivity contribution is 7.10. The van der Waals surface area contributed by atoms with E-state index in [2.05, 4.69) is 34.0 Å². The Kier molecular flexibility index (Phi) is 6.07. The van der Waals surface area contributed by atoms with E-state index in [1.165, 1.54) is 10.4 Å². The predicted octanol–water partition coefficient (Wildman–Crippen LogP) is 3.23. The van der Waals surface area contributed by atoms with E-state index in [1.54, 1.807) is 18.3 Å². The van der Waals surface area contributed by atoms with Gasteiger partial charge in [0.05, 0.1) is 13.1 Å². The highest BCUT2D eigenvalue weighted by Crippen LogP contribution is 2.26. The molecule has 0 aliphatic heterocycles. The molecule has 2 rings (SSSR count). The van der Waals surface area contributed by atoms with Crippen molar-refractivity contribution in [3.05, 3.63) is 45.0 Å². The largest absolute Gasteiger partial charge is 0.466 e. The van der Waals surface area contributed by atoms with Crippen LogP contribution in [0.15, 0.2) is 26.9 Å². The van der Waals surface area contributed by atoms with Crippen LogP contribution >= 0.6 is 11.3 Å². The van der Waals surface area contributed by atoms with E-state index in [0.717, 1.165) is 23.6 Å². The first kappa shape index (κ1) is 18.5. The molecule has 0 saturated heterocycles. The number of guanidine groups is 1. The van der Waals surface area contributed by atoms with Gasteiger partial charge < -0.3 is 20.2 Å². The molecule has 2 heterocycles. The van der Waals surface area contributed by atoms with Crippen molar-refractivity contribution < 1.29 is 9.52 Å². The lowest BCUT2D eigenvalue weighted by Gasteiger charge is -2.24. The molecule has 24 heavy (non-hydrogen) atoms. The Morgan fingerprint density at radius 1 is 1.33 bits per heavy atom. The number of thiophene rings is 1. The standard InChI is InChI=1S/C18H27N3O2S/c1-6-19-17(20-10-16-12(2)7-8-24-16)21-11-18(5,22)15-9-13(3)23-14(15)4/h7-9,22H,6,10-11H2,1-5H3,(H2,19,20,21). The second-order valence-electron chi connectivity index (χ2n) is 6.18. The number of hydrogen-bond acceptors (Lipinski definition) is 4. The van der Waals surface area contributed by atoms with Gasteiger partial charge >= 0.3 is 0 Å². The maximum Gasteiger partial charge on any atom is 0.191 e. The normalized spacial score (nSPS) is 14.5. The first-order valence-electron chi connectivity index (χ1n) is 8.18. The van der Waals surface area contributed by atoms with Crippen LogP contribution in [0.3, 0.4) is 0 Å². The summed E-state index contributed by atoms with van der Waals surface area (Å²) in [5.41, 5.74) is 1.03. The van der Waals surface area contributed by atoms with Gasteiger partial charge in [-0.1, -0.05) is 0 Å². The molecule has 0 aliphatic rings. The molecule has 0 amide bonds. The van der Waals surface area contributed by atoms with Gasteiger partial charge in [0.1, 0.15) is 17.1 Å². The molecular formula is C18H27N3O2S. The first-order valence-corrected chi connectivity index (χ1v) is 9.06. The fraction of sp³-hybridized carbons (Fsp3) is 0.500. The SMILES string of the molecule is CCNC(=NCc1sccc1C)NCC(C)(O)c1cc(C)oc1C. The summed E-state index contributed by atoms with van der Waals surface area (Å²) in [4.78, 5) is 5.86. The van der Waals surface area contributed by atoms with Crippen molar-refractivity contribution in [2.45, 2.75) is 46.8 Å². The molecule has 0 bridgehead atoms. The van der Waals surface area contributed by atoms with Crippen LogP contribution in [-0.4, -0.2) is 24.2 Å². The Morgan fingerprint density at radius 3 is 2.62 bits per heavy atom. The molecule has 0 fully saturated rings. The fourth-order valence-corrected chi connectivity index (χ4v) is 3.40. The van der Waals surface area contributed by atoms with Gasteiger partial charge in [-0.15, -0.1) is 11.3 Å². The second kappa shape index (κ2) is 7.85. The van der Waals surface area contributed by atoms with Gasteiger partial charge in [0.2, 0.25) is 0 Å². The van der Waals surface area contributed by atoms with E-state index in [-0.39, 0.29) is 0 Å². The maximum atomic E-state index is 10.8. The van der Waals surface area contributed by atoms with Gasteiger partial charge in [-0.25, -0.2) is 4.99 Å². The van der Waals surface area contributed by atoms with Crippen LogP contribution in [0, 0.1) is 20.8 Å². The van der Waals surface area contributed by atoms with E-state index >= 15 is 0 Å². The summed E-state index contributed by atoms with van der Waals surface area (Å²) in [5.74, 6) is 2.25. The van der Waals surface area contributed by atoms with Crippen LogP contribution in [0.1, 0.15) is 41.4 Å². The van der Waals surface area contributed by atoms with Crippen molar-refractivity contribution in [1.82, 2.24) is 10.6 Å². The smallest absolute Gasteiger partial charge is 0.191 e. The monoisotopic (exact) mass is 349 g/mol. The number of nitrogens with zero attached hydrogens (tertiary/aromatic N) is 1. The maximum absolute atomic E-state index is 10.8. The molecule has 0 aromatic carbocycles. The number of nitrogens with one attached hydrogen (secondary N) is 2. The van der Waals surface area contributed by atoms with Crippen molar-refractivity contribution in [2.24, 2.45) is 4.99 Å². The van der Waals surface area contributed by atoms with Crippen LogP contribution in [0.5, 0.6) is 0 Å². The minimum Gasteiger partial charge on any atom is -0.466 e. The Morgan fingerprint density at radius 2 is 2.08 bits per heavy atom. The molecule has 0 aliphatic carbocycles. The average molecular weight is 350 g/mol. The van der Waals surface area contributed by atoms with Gasteiger partial charge in [0.25, 0.3) is 0 Å². The van der Waals surface area contributed by atoms with E-state index in [1.807, 2.05) is 26.8 Å². The number of rotatable bonds is 6. The number of aryl methyl sites for hydroxylation is 3. The number of hydrogen-bond donors (Lipinski definition) is 3. The summed E-state index contributed by atoms with van der Waals surface area (Å²) in [6.45, 7) is 11.4. The van der Waals surface area contributed by atoms with Crippen molar-refractivity contribution in [2.75, 3.05) is 13.1 Å². The molecule has 132 valence electrons. The van der Waals surface area contributed by atoms with Crippen LogP contribution in [0.25, 0.3) is 0 Å². The summed E-state index contributed by atoms with van der Waals surface area (Å²) in [6, 6.07) is 3.99. The lowest BCUT2D eigenvalue weighted by Crippen LogP contribution is -2.44. The number of aliphatic imine (C=N–C) groups is 1. The Hall–Kier alpha value is -1.79. The van der Waals surface area contributed by atoms with Crippen LogP contribution < -0.4 is 10.6 Å². The quantitative estimate of drug-likeness (QED) is 0.553. The van der Waals surface area contributed by atoms with Gasteiger partial charge in [-0.2, -0.15) is 0 Å². The Bertz CT molecular complexity index is 701. The van der Waals surface area contributed by atoms with E-state index < -0.39 is 5.60 Å². The minimum atomic E-state index is -1.03. The zero-order valence-electron chi connectivity index (χ0n) is 15.1. The molecule has 1 atom stereocenters. The zero-order valence-corrected chi connectivity index (χ0v) is 15.9. The Labute approximate surface area is 147 Å². The fourth-order valence-electron chi connectivity index (χ4n) is 2.58. The van der Waals surface area contributed by atoms with E-state index in [4.69, 9.17) is 4.42 Å². The lowest BCUT2D eigenvalue weighted by molar-refractivity contribution is 0.0601. The van der Waals surface area contributed by atoms with Crippen molar-refractivity contribution >= 4 is 17.3 Å². The van der Waals surface area contributed by atoms with Crippen LogP contribution in [0.2, 0.25) is 0 Å². The van der Waals surface area contributed by atoms with E-state index in [0.29, 0.717) is 19.0 Å². The summed E-state index contributed by atoms with van der Waals surface area (Å²) in [7, 11) is 0. The molecule has 0 spiro atoms. The Balaban J connectivity index is 2.05. The lowest BCUT2D eigenvalue weighted by atomic mass is 9.96. The highest BCUT2D eigenvalue weighted by Gasteiger charge is 2.27. The van der Waals surface area contributed by atoms with Crippen LogP contribution in [0.4, 0.5) is 0 Å². The minimum absolute atomic E-state index is 0.349. The van der Waals surface area contributed by atoms with Gasteiger partial charge in [0.15, 0.2) is 5.96 Å². The second-order valence-corrected chi connectivity index (χ2v) is 7.18. The molecule has 3 N–H and O–H groups in total. The number of aliphatic hydroxyl groups is 1. The third kappa shape index (κ3) is 4.61. The molecular weight excluding hydrogens is 322 g/mol. The average Bonchev–Trinajstić information content (AvgIpc) is 3.07. The summed E-state index contributed by atoms with van der Waals surface area (Å²) in [6.07, 6.45) is 0. The summed E-state index contributed by atoms with van der Waals surface area (Å²) >= 11 is 1.71. The zero-order chi connectivity index (χ0) is 17.7. The highest BCUT2D eigenvalue weighted by atomic mass is 32.1. The third-order valence-corrected chi connectivity index (χ3v) is 4.92. The van der Waals surface area contributed by atoms with Crippen molar-refractivity contribution in [1.29, 1.82) is 0 Å². The molecule has 0 radical (unpaired) electrons. The molecule has 6 heteroatoms. The van der Waals surface area contributed by atoms with Crippen molar-refractivity contribution in [3.8, 4) is 0 Å². The number of furan rings is 1. The van der Waals surface area contributed by atoms with Crippen molar-refractivity contribution in [3.63, 3.8) is 0 Å². The van der Waals surface area contributed by atoms with Gasteiger partial charge in [-0.05, 0) is 57.7 Å². The van der Waals surface area contributed by atoms with Crippen LogP contribution in [-0.2, 0) is 12.1 Å². The first-order chi connectivity index (χ1) is 11.3.